The van der Waals surface area contributed by atoms with Crippen molar-refractivity contribution in [1.82, 2.24) is 0 Å². The van der Waals surface area contributed by atoms with Gasteiger partial charge < -0.3 is 9.47 Å². The van der Waals surface area contributed by atoms with E-state index in [1.165, 1.54) is 0 Å². The summed E-state index contributed by atoms with van der Waals surface area (Å²) in [4.78, 5) is 14.2. The molecule has 0 amide bonds. The number of nitrogens with zero attached hydrogens (tertiary/aromatic N) is 3. The van der Waals surface area contributed by atoms with E-state index in [4.69, 9.17) is 15.0 Å². The average Bonchev–Trinajstić information content (AvgIpc) is 3.04. The molecule has 0 saturated heterocycles. The van der Waals surface area contributed by atoms with Gasteiger partial charge in [0.1, 0.15) is 0 Å². The third-order valence-corrected chi connectivity index (χ3v) is 2.74. The Bertz CT molecular complexity index is 289. The second-order valence-electron chi connectivity index (χ2n) is 3.81. The van der Waals surface area contributed by atoms with Crippen molar-refractivity contribution < 1.29 is 14.3 Å². The van der Waals surface area contributed by atoms with Crippen molar-refractivity contribution in [3.05, 3.63) is 10.4 Å². The molecule has 0 spiro atoms. The Morgan fingerprint density at radius 3 is 3.00 bits per heavy atom. The van der Waals surface area contributed by atoms with E-state index in [1.54, 1.807) is 14.0 Å². The van der Waals surface area contributed by atoms with Gasteiger partial charge in [-0.15, -0.1) is 0 Å². The van der Waals surface area contributed by atoms with Gasteiger partial charge in [-0.05, 0) is 31.2 Å². The van der Waals surface area contributed by atoms with Crippen molar-refractivity contribution in [3.8, 4) is 0 Å². The van der Waals surface area contributed by atoms with Crippen molar-refractivity contribution in [1.29, 1.82) is 0 Å². The van der Waals surface area contributed by atoms with E-state index in [0.717, 1.165) is 6.42 Å². The summed E-state index contributed by atoms with van der Waals surface area (Å²) in [6.07, 6.45) is 1.41. The van der Waals surface area contributed by atoms with Crippen LogP contribution < -0.4 is 0 Å². The van der Waals surface area contributed by atoms with Crippen LogP contribution in [0.4, 0.5) is 0 Å². The molecular weight excluding hydrogens is 210 g/mol. The van der Waals surface area contributed by atoms with Gasteiger partial charge in [-0.3, -0.25) is 4.79 Å². The van der Waals surface area contributed by atoms with E-state index in [0.29, 0.717) is 19.6 Å². The first kappa shape index (κ1) is 12.8. The molecule has 6 heteroatoms. The van der Waals surface area contributed by atoms with E-state index in [1.807, 2.05) is 0 Å². The van der Waals surface area contributed by atoms with Crippen LogP contribution in [-0.2, 0) is 14.3 Å². The molecule has 0 radical (unpaired) electrons. The third-order valence-electron chi connectivity index (χ3n) is 2.74. The van der Waals surface area contributed by atoms with Gasteiger partial charge in [0.2, 0.25) is 0 Å². The number of methoxy groups -OCH3 is 1. The Morgan fingerprint density at radius 2 is 2.44 bits per heavy atom. The fourth-order valence-corrected chi connectivity index (χ4v) is 1.82. The molecule has 6 nitrogen and oxygen atoms in total. The monoisotopic (exact) mass is 227 g/mol. The number of hydrogen-bond donors (Lipinski definition) is 0. The molecule has 0 aromatic rings. The molecule has 0 heterocycles. The number of ether oxygens (including phenoxy) is 2. The van der Waals surface area contributed by atoms with Crippen molar-refractivity contribution in [2.24, 2.45) is 17.0 Å². The summed E-state index contributed by atoms with van der Waals surface area (Å²) in [5, 5.41) is 3.71. The zero-order valence-corrected chi connectivity index (χ0v) is 9.63. The minimum Gasteiger partial charge on any atom is -0.466 e. The zero-order chi connectivity index (χ0) is 12.0. The summed E-state index contributed by atoms with van der Waals surface area (Å²) in [6, 6.07) is -0.153. The highest BCUT2D eigenvalue weighted by Gasteiger charge is 2.48. The van der Waals surface area contributed by atoms with Gasteiger partial charge >= 0.3 is 5.97 Å². The van der Waals surface area contributed by atoms with Crippen LogP contribution in [-0.4, -0.2) is 32.3 Å². The first-order valence-electron chi connectivity index (χ1n) is 5.44. The quantitative estimate of drug-likeness (QED) is 0.288. The fourth-order valence-electron chi connectivity index (χ4n) is 1.82. The Kier molecular flexibility index (Phi) is 5.08. The molecule has 0 N–H and O–H groups in total. The lowest BCUT2D eigenvalue weighted by Gasteiger charge is -2.09. The maximum Gasteiger partial charge on any atom is 0.309 e. The highest BCUT2D eigenvalue weighted by molar-refractivity contribution is 5.75. The second-order valence-corrected chi connectivity index (χ2v) is 3.81. The molecule has 1 rings (SSSR count). The number of carbonyl (C=O) groups excluding carboxylic acids is 1. The van der Waals surface area contributed by atoms with E-state index in [-0.39, 0.29) is 23.8 Å². The Morgan fingerprint density at radius 1 is 1.69 bits per heavy atom. The maximum absolute atomic E-state index is 11.4. The molecule has 90 valence electrons. The molecule has 0 unspecified atom stereocenters. The summed E-state index contributed by atoms with van der Waals surface area (Å²) in [6.45, 7) is 2.72. The van der Waals surface area contributed by atoms with Crippen LogP contribution in [0.5, 0.6) is 0 Å². The molecule has 0 aromatic heterocycles. The topological polar surface area (TPSA) is 84.3 Å². The van der Waals surface area contributed by atoms with Crippen LogP contribution in [0.15, 0.2) is 5.11 Å². The Balaban J connectivity index is 2.43. The summed E-state index contributed by atoms with van der Waals surface area (Å²) in [5.74, 6) is -0.138. The molecular formula is C10H17N3O3. The van der Waals surface area contributed by atoms with Crippen molar-refractivity contribution >= 4 is 5.97 Å². The molecule has 1 fully saturated rings. The standard InChI is InChI=1S/C10H17N3O3/c1-3-16-10(14)8-6-7(8)9(12-13-11)4-5-15-2/h7-9H,3-6H2,1-2H3/t7-,8-,9+/m0/s1. The Hall–Kier alpha value is -1.26. The van der Waals surface area contributed by atoms with Crippen molar-refractivity contribution in [2.45, 2.75) is 25.8 Å². The van der Waals surface area contributed by atoms with Crippen LogP contribution in [0.25, 0.3) is 10.4 Å². The van der Waals surface area contributed by atoms with E-state index in [9.17, 15) is 4.79 Å². The predicted molar refractivity (Wildman–Crippen MR) is 57.7 cm³/mol. The number of azide groups is 1. The lowest BCUT2D eigenvalue weighted by molar-refractivity contribution is -0.145. The third kappa shape index (κ3) is 3.40. The largest absolute Gasteiger partial charge is 0.466 e. The first-order chi connectivity index (χ1) is 7.74. The van der Waals surface area contributed by atoms with E-state index < -0.39 is 0 Å². The highest BCUT2D eigenvalue weighted by atomic mass is 16.5. The molecule has 0 aromatic carbocycles. The number of hydrogen-bond acceptors (Lipinski definition) is 4. The van der Waals surface area contributed by atoms with Gasteiger partial charge in [0.05, 0.1) is 12.5 Å². The van der Waals surface area contributed by atoms with Crippen LogP contribution in [0, 0.1) is 11.8 Å². The molecule has 1 aliphatic rings. The smallest absolute Gasteiger partial charge is 0.309 e. The lowest BCUT2D eigenvalue weighted by Crippen LogP contribution is -2.15. The number of esters is 1. The fraction of sp³-hybridized carbons (Fsp3) is 0.900. The van der Waals surface area contributed by atoms with Gasteiger partial charge in [0.25, 0.3) is 0 Å². The zero-order valence-electron chi connectivity index (χ0n) is 9.63. The van der Waals surface area contributed by atoms with E-state index >= 15 is 0 Å². The van der Waals surface area contributed by atoms with Crippen LogP contribution in [0.1, 0.15) is 19.8 Å². The summed E-state index contributed by atoms with van der Waals surface area (Å²) >= 11 is 0. The lowest BCUT2D eigenvalue weighted by atomic mass is 10.1. The molecule has 16 heavy (non-hydrogen) atoms. The highest BCUT2D eigenvalue weighted by Crippen LogP contribution is 2.44. The molecule has 3 atom stereocenters. The van der Waals surface area contributed by atoms with E-state index in [2.05, 4.69) is 10.0 Å². The first-order valence-corrected chi connectivity index (χ1v) is 5.44. The average molecular weight is 227 g/mol. The molecule has 0 bridgehead atoms. The number of carbonyl (C=O) groups is 1. The molecule has 1 saturated carbocycles. The minimum atomic E-state index is -0.178. The Labute approximate surface area is 94.5 Å². The van der Waals surface area contributed by atoms with Crippen LogP contribution in [0.2, 0.25) is 0 Å². The van der Waals surface area contributed by atoms with Gasteiger partial charge in [0.15, 0.2) is 0 Å². The van der Waals surface area contributed by atoms with Crippen LogP contribution in [0.3, 0.4) is 0 Å². The molecule has 1 aliphatic carbocycles. The van der Waals surface area contributed by atoms with Gasteiger partial charge in [-0.1, -0.05) is 5.11 Å². The van der Waals surface area contributed by atoms with Gasteiger partial charge in [0, 0.05) is 24.7 Å². The van der Waals surface area contributed by atoms with Crippen molar-refractivity contribution in [3.63, 3.8) is 0 Å². The normalized spacial score (nSPS) is 24.4. The second kappa shape index (κ2) is 6.35. The molecule has 0 aliphatic heterocycles. The summed E-state index contributed by atoms with van der Waals surface area (Å²) in [5.41, 5.74) is 8.44. The van der Waals surface area contributed by atoms with Crippen LogP contribution >= 0.6 is 0 Å². The van der Waals surface area contributed by atoms with Gasteiger partial charge in [-0.25, -0.2) is 0 Å². The predicted octanol–water partition coefficient (Wildman–Crippen LogP) is 1.90. The summed E-state index contributed by atoms with van der Waals surface area (Å²) < 4.78 is 9.86. The SMILES string of the molecule is CCOC(=O)[C@H]1C[C@@H]1[C@@H](CCOC)N=[N+]=[N-]. The summed E-state index contributed by atoms with van der Waals surface area (Å²) in [7, 11) is 1.60. The minimum absolute atomic E-state index is 0.0905. The van der Waals surface area contributed by atoms with Gasteiger partial charge in [-0.2, -0.15) is 0 Å². The maximum atomic E-state index is 11.4. The van der Waals surface area contributed by atoms with Crippen molar-refractivity contribution in [2.75, 3.05) is 20.3 Å². The number of rotatable bonds is 7.